The summed E-state index contributed by atoms with van der Waals surface area (Å²) in [5, 5.41) is 11.6. The lowest BCUT2D eigenvalue weighted by Crippen LogP contribution is -2.29. The molecule has 3 aromatic rings. The molecule has 32 heavy (non-hydrogen) atoms. The van der Waals surface area contributed by atoms with E-state index >= 15 is 0 Å². The summed E-state index contributed by atoms with van der Waals surface area (Å²) in [6.45, 7) is 1.85. The highest BCUT2D eigenvalue weighted by Crippen LogP contribution is 2.43. The molecular weight excluding hydrogens is 496 g/mol. The van der Waals surface area contributed by atoms with E-state index in [0.717, 1.165) is 5.56 Å². The summed E-state index contributed by atoms with van der Waals surface area (Å²) in [5.41, 5.74) is 2.28. The number of rotatable bonds is 4. The van der Waals surface area contributed by atoms with E-state index < -0.39 is 17.7 Å². The molecule has 0 aliphatic carbocycles. The molecule has 0 saturated carbocycles. The molecule has 1 aromatic heterocycles. The number of aliphatic hydroxyl groups is 1. The second-order valence-electron chi connectivity index (χ2n) is 7.23. The van der Waals surface area contributed by atoms with Crippen molar-refractivity contribution in [3.8, 4) is 5.75 Å². The van der Waals surface area contributed by atoms with Gasteiger partial charge < -0.3 is 9.84 Å². The molecule has 2 aromatic carbocycles. The Hall–Kier alpha value is -3.16. The molecule has 4 rings (SSSR count). The molecule has 6 nitrogen and oxygen atoms in total. The summed E-state index contributed by atoms with van der Waals surface area (Å²) in [7, 11) is 1.53. The minimum absolute atomic E-state index is 0.0186. The van der Waals surface area contributed by atoms with Crippen molar-refractivity contribution < 1.29 is 19.4 Å². The monoisotopic (exact) mass is 512 g/mol. The van der Waals surface area contributed by atoms with Crippen LogP contribution >= 0.6 is 27.5 Å². The van der Waals surface area contributed by atoms with Gasteiger partial charge in [-0.2, -0.15) is 0 Å². The molecule has 0 radical (unpaired) electrons. The third-order valence-corrected chi connectivity index (χ3v) is 6.35. The number of pyridine rings is 1. The molecule has 1 atom stereocenters. The van der Waals surface area contributed by atoms with Crippen LogP contribution in [0.2, 0.25) is 5.02 Å². The van der Waals surface area contributed by atoms with Crippen molar-refractivity contribution in [3.63, 3.8) is 0 Å². The van der Waals surface area contributed by atoms with E-state index in [1.807, 2.05) is 6.92 Å². The van der Waals surface area contributed by atoms with E-state index in [2.05, 4.69) is 20.9 Å². The molecular formula is C24H18BrClN2O4. The SMILES string of the molecule is COc1ccc(/C(O)=C2\C(=O)C(=O)N(c3ccc(C)c(Cl)c3)C2c2ccncc2)cc1Br. The number of carbonyl (C=O) groups excluding carboxylic acids is 2. The summed E-state index contributed by atoms with van der Waals surface area (Å²) in [6, 6.07) is 12.6. The Morgan fingerprint density at radius 3 is 2.47 bits per heavy atom. The molecule has 1 N–H and O–H groups in total. The van der Waals surface area contributed by atoms with Crippen LogP contribution in [0.4, 0.5) is 5.69 Å². The number of Topliss-reactive ketones (excluding diaryl/α,β-unsaturated/α-hetero) is 1. The van der Waals surface area contributed by atoms with Gasteiger partial charge in [0.25, 0.3) is 11.7 Å². The summed E-state index contributed by atoms with van der Waals surface area (Å²) in [5.74, 6) is -1.25. The molecule has 1 saturated heterocycles. The number of aliphatic hydroxyl groups excluding tert-OH is 1. The maximum atomic E-state index is 13.2. The average Bonchev–Trinajstić information content (AvgIpc) is 3.06. The van der Waals surface area contributed by atoms with Gasteiger partial charge in [0.1, 0.15) is 11.5 Å². The zero-order valence-corrected chi connectivity index (χ0v) is 19.5. The first-order valence-electron chi connectivity index (χ1n) is 9.64. The summed E-state index contributed by atoms with van der Waals surface area (Å²) in [4.78, 5) is 31.7. The zero-order valence-electron chi connectivity index (χ0n) is 17.2. The van der Waals surface area contributed by atoms with E-state index in [0.29, 0.717) is 32.1 Å². The van der Waals surface area contributed by atoms with Crippen LogP contribution in [0.1, 0.15) is 22.7 Å². The normalized spacial score (nSPS) is 17.6. The second-order valence-corrected chi connectivity index (χ2v) is 8.49. The highest BCUT2D eigenvalue weighted by Gasteiger charge is 2.47. The predicted octanol–water partition coefficient (Wildman–Crippen LogP) is 5.44. The van der Waals surface area contributed by atoms with Crippen molar-refractivity contribution in [1.29, 1.82) is 0 Å². The number of ketones is 1. The number of methoxy groups -OCH3 is 1. The largest absolute Gasteiger partial charge is 0.507 e. The Morgan fingerprint density at radius 2 is 1.84 bits per heavy atom. The van der Waals surface area contributed by atoms with Crippen LogP contribution in [0.15, 0.2) is 71.0 Å². The van der Waals surface area contributed by atoms with E-state index in [-0.39, 0.29) is 11.3 Å². The van der Waals surface area contributed by atoms with Gasteiger partial charge in [-0.25, -0.2) is 0 Å². The zero-order chi connectivity index (χ0) is 23.0. The number of anilines is 1. The van der Waals surface area contributed by atoms with Gasteiger partial charge in [0.15, 0.2) is 0 Å². The van der Waals surface area contributed by atoms with E-state index in [1.165, 1.54) is 12.0 Å². The van der Waals surface area contributed by atoms with Crippen LogP contribution in [0, 0.1) is 6.92 Å². The van der Waals surface area contributed by atoms with E-state index in [1.54, 1.807) is 60.9 Å². The summed E-state index contributed by atoms with van der Waals surface area (Å²) in [6.07, 6.45) is 3.14. The lowest BCUT2D eigenvalue weighted by molar-refractivity contribution is -0.132. The second kappa shape index (κ2) is 8.76. The molecule has 8 heteroatoms. The van der Waals surface area contributed by atoms with Crippen LogP contribution in [0.3, 0.4) is 0 Å². The van der Waals surface area contributed by atoms with Gasteiger partial charge in [-0.05, 0) is 76.4 Å². The van der Waals surface area contributed by atoms with Gasteiger partial charge in [-0.15, -0.1) is 0 Å². The Labute approximate surface area is 198 Å². The van der Waals surface area contributed by atoms with Gasteiger partial charge in [-0.3, -0.25) is 19.5 Å². The van der Waals surface area contributed by atoms with Crippen molar-refractivity contribution >= 4 is 50.7 Å². The lowest BCUT2D eigenvalue weighted by atomic mass is 9.95. The Kier molecular flexibility index (Phi) is 6.04. The molecule has 0 bridgehead atoms. The molecule has 1 aliphatic heterocycles. The summed E-state index contributed by atoms with van der Waals surface area (Å²) < 4.78 is 5.84. The standard InChI is InChI=1S/C24H18BrClN2O4/c1-13-3-5-16(12-18(13)26)28-21(14-7-9-27-10-8-14)20(23(30)24(28)31)22(29)15-4-6-19(32-2)17(25)11-15/h3-12,21,29H,1-2H3/b22-20+. The van der Waals surface area contributed by atoms with Gasteiger partial charge in [0.2, 0.25) is 0 Å². The first-order valence-corrected chi connectivity index (χ1v) is 10.8. The smallest absolute Gasteiger partial charge is 0.300 e. The predicted molar refractivity (Wildman–Crippen MR) is 126 cm³/mol. The van der Waals surface area contributed by atoms with Gasteiger partial charge in [0, 0.05) is 28.7 Å². The molecule has 1 amide bonds. The molecule has 162 valence electrons. The van der Waals surface area contributed by atoms with Crippen molar-refractivity contribution in [2.45, 2.75) is 13.0 Å². The number of ether oxygens (including phenoxy) is 1. The van der Waals surface area contributed by atoms with Gasteiger partial charge in [0.05, 0.1) is 23.2 Å². The fourth-order valence-corrected chi connectivity index (χ4v) is 4.38. The third kappa shape index (κ3) is 3.78. The third-order valence-electron chi connectivity index (χ3n) is 5.33. The van der Waals surface area contributed by atoms with Gasteiger partial charge in [-0.1, -0.05) is 17.7 Å². The maximum Gasteiger partial charge on any atom is 0.300 e. The number of aryl methyl sites for hydroxylation is 1. The van der Waals surface area contributed by atoms with Crippen molar-refractivity contribution in [2.75, 3.05) is 12.0 Å². The Morgan fingerprint density at radius 1 is 1.12 bits per heavy atom. The minimum atomic E-state index is -0.849. The fourth-order valence-electron chi connectivity index (χ4n) is 3.66. The van der Waals surface area contributed by atoms with Crippen molar-refractivity contribution in [2.24, 2.45) is 0 Å². The van der Waals surface area contributed by atoms with E-state index in [9.17, 15) is 14.7 Å². The van der Waals surface area contributed by atoms with Crippen LogP contribution in [0.25, 0.3) is 5.76 Å². The first kappa shape index (κ1) is 22.0. The van der Waals surface area contributed by atoms with E-state index in [4.69, 9.17) is 16.3 Å². The van der Waals surface area contributed by atoms with Crippen LogP contribution in [0.5, 0.6) is 5.75 Å². The van der Waals surface area contributed by atoms with Crippen LogP contribution in [-0.2, 0) is 9.59 Å². The molecule has 1 unspecified atom stereocenters. The lowest BCUT2D eigenvalue weighted by Gasteiger charge is -2.25. The number of amides is 1. The number of hydrogen-bond acceptors (Lipinski definition) is 5. The number of halogens is 2. The molecule has 0 spiro atoms. The first-order chi connectivity index (χ1) is 15.3. The van der Waals surface area contributed by atoms with Crippen molar-refractivity contribution in [1.82, 2.24) is 4.98 Å². The molecule has 1 aliphatic rings. The van der Waals surface area contributed by atoms with Crippen molar-refractivity contribution in [3.05, 3.63) is 92.7 Å². The number of carbonyl (C=O) groups is 2. The number of aromatic nitrogens is 1. The van der Waals surface area contributed by atoms with Crippen LogP contribution in [-0.4, -0.2) is 28.9 Å². The number of hydrogen-bond donors (Lipinski definition) is 1. The van der Waals surface area contributed by atoms with Gasteiger partial charge >= 0.3 is 0 Å². The maximum absolute atomic E-state index is 13.2. The molecule has 2 heterocycles. The molecule has 1 fully saturated rings. The minimum Gasteiger partial charge on any atom is -0.507 e. The highest BCUT2D eigenvalue weighted by atomic mass is 79.9. The summed E-state index contributed by atoms with van der Waals surface area (Å²) >= 11 is 9.69. The number of nitrogens with zero attached hydrogens (tertiary/aromatic N) is 2. The Bertz CT molecular complexity index is 1260. The Balaban J connectivity index is 1.94. The quantitative estimate of drug-likeness (QED) is 0.285. The number of benzene rings is 2. The fraction of sp³-hybridized carbons (Fsp3) is 0.125. The highest BCUT2D eigenvalue weighted by molar-refractivity contribution is 9.10. The average molecular weight is 514 g/mol. The van der Waals surface area contributed by atoms with Crippen LogP contribution < -0.4 is 9.64 Å². The topological polar surface area (TPSA) is 79.7 Å².